The highest BCUT2D eigenvalue weighted by molar-refractivity contribution is 7.13. The first-order valence-corrected chi connectivity index (χ1v) is 10.0. The van der Waals surface area contributed by atoms with Crippen molar-refractivity contribution in [3.8, 4) is 10.7 Å². The summed E-state index contributed by atoms with van der Waals surface area (Å²) in [5, 5.41) is 2.18. The van der Waals surface area contributed by atoms with Gasteiger partial charge in [0.15, 0.2) is 5.69 Å². The Labute approximate surface area is 173 Å². The first kappa shape index (κ1) is 20.7. The molecule has 0 saturated heterocycles. The third kappa shape index (κ3) is 5.29. The highest BCUT2D eigenvalue weighted by Gasteiger charge is 2.29. The number of carbonyl (C=O) groups excluding carboxylic acids is 2. The van der Waals surface area contributed by atoms with Crippen LogP contribution in [-0.4, -0.2) is 39.6 Å². The third-order valence-electron chi connectivity index (χ3n) is 4.02. The molecule has 0 amide bonds. The number of esters is 2. The van der Waals surface area contributed by atoms with Gasteiger partial charge in [-0.1, -0.05) is 30.3 Å². The molecule has 1 aromatic carbocycles. The summed E-state index contributed by atoms with van der Waals surface area (Å²) in [5.41, 5.74) is 1.18. The number of rotatable bonds is 6. The molecule has 29 heavy (non-hydrogen) atoms. The topological polar surface area (TPSA) is 94.2 Å². The quantitative estimate of drug-likeness (QED) is 0.614. The van der Waals surface area contributed by atoms with Gasteiger partial charge in [0, 0.05) is 11.6 Å². The SMILES string of the molecule is COC(=O)c1csc(-c2c[nH]c([C@H](Cc3ccccc3)C(=O)OC(C)(C)C)n2)n1. The zero-order valence-corrected chi connectivity index (χ0v) is 17.6. The first-order valence-electron chi connectivity index (χ1n) is 9.13. The van der Waals surface area contributed by atoms with Crippen LogP contribution in [0.25, 0.3) is 10.7 Å². The average molecular weight is 413 g/mol. The van der Waals surface area contributed by atoms with Crippen LogP contribution in [0.1, 0.15) is 48.6 Å². The number of nitrogens with zero attached hydrogens (tertiary/aromatic N) is 2. The van der Waals surface area contributed by atoms with Gasteiger partial charge in [-0.2, -0.15) is 0 Å². The number of benzene rings is 1. The molecule has 7 nitrogen and oxygen atoms in total. The zero-order valence-electron chi connectivity index (χ0n) is 16.8. The van der Waals surface area contributed by atoms with Gasteiger partial charge < -0.3 is 14.5 Å². The van der Waals surface area contributed by atoms with Crippen LogP contribution in [-0.2, 0) is 20.7 Å². The molecule has 1 atom stereocenters. The van der Waals surface area contributed by atoms with Crippen molar-refractivity contribution in [2.24, 2.45) is 0 Å². The maximum absolute atomic E-state index is 12.9. The summed E-state index contributed by atoms with van der Waals surface area (Å²) in [6.07, 6.45) is 2.13. The van der Waals surface area contributed by atoms with Gasteiger partial charge in [-0.15, -0.1) is 11.3 Å². The van der Waals surface area contributed by atoms with Crippen LogP contribution in [0.4, 0.5) is 0 Å². The lowest BCUT2D eigenvalue weighted by Gasteiger charge is -2.23. The van der Waals surface area contributed by atoms with E-state index in [0.29, 0.717) is 22.9 Å². The molecular formula is C21H23N3O4S. The van der Waals surface area contributed by atoms with Crippen LogP contribution < -0.4 is 0 Å². The Kier molecular flexibility index (Phi) is 6.12. The molecule has 2 heterocycles. The second-order valence-electron chi connectivity index (χ2n) is 7.48. The van der Waals surface area contributed by atoms with E-state index in [9.17, 15) is 9.59 Å². The van der Waals surface area contributed by atoms with Crippen LogP contribution in [0.15, 0.2) is 41.9 Å². The monoisotopic (exact) mass is 413 g/mol. The Morgan fingerprint density at radius 3 is 2.55 bits per heavy atom. The van der Waals surface area contributed by atoms with E-state index in [-0.39, 0.29) is 11.7 Å². The smallest absolute Gasteiger partial charge is 0.357 e. The highest BCUT2D eigenvalue weighted by atomic mass is 32.1. The van der Waals surface area contributed by atoms with Crippen LogP contribution >= 0.6 is 11.3 Å². The van der Waals surface area contributed by atoms with Gasteiger partial charge in [-0.25, -0.2) is 14.8 Å². The van der Waals surface area contributed by atoms with E-state index in [1.165, 1.54) is 18.4 Å². The normalized spacial score (nSPS) is 12.4. The molecule has 3 aromatic rings. The minimum atomic E-state index is -0.605. The number of carbonyl (C=O) groups is 2. The molecule has 1 N–H and O–H groups in total. The van der Waals surface area contributed by atoms with Gasteiger partial charge >= 0.3 is 11.9 Å². The molecule has 0 spiro atoms. The molecule has 0 aliphatic heterocycles. The third-order valence-corrected chi connectivity index (χ3v) is 4.88. The summed E-state index contributed by atoms with van der Waals surface area (Å²) in [7, 11) is 1.31. The largest absolute Gasteiger partial charge is 0.464 e. The van der Waals surface area contributed by atoms with E-state index in [1.807, 2.05) is 51.1 Å². The number of methoxy groups -OCH3 is 1. The Morgan fingerprint density at radius 1 is 1.17 bits per heavy atom. The summed E-state index contributed by atoms with van der Waals surface area (Å²) in [6.45, 7) is 5.51. The summed E-state index contributed by atoms with van der Waals surface area (Å²) >= 11 is 1.28. The molecule has 0 unspecified atom stereocenters. The van der Waals surface area contributed by atoms with E-state index >= 15 is 0 Å². The molecule has 2 aromatic heterocycles. The van der Waals surface area contributed by atoms with E-state index in [4.69, 9.17) is 4.74 Å². The van der Waals surface area contributed by atoms with Gasteiger partial charge in [0.2, 0.25) is 0 Å². The fraction of sp³-hybridized carbons (Fsp3) is 0.333. The van der Waals surface area contributed by atoms with Crippen molar-refractivity contribution in [2.75, 3.05) is 7.11 Å². The molecule has 3 rings (SSSR count). The molecule has 0 aliphatic rings. The number of nitrogens with one attached hydrogen (secondary N) is 1. The number of H-pyrrole nitrogens is 1. The molecule has 8 heteroatoms. The van der Waals surface area contributed by atoms with Crippen molar-refractivity contribution in [3.05, 3.63) is 59.0 Å². The number of ether oxygens (including phenoxy) is 2. The lowest BCUT2D eigenvalue weighted by molar-refractivity contribution is -0.156. The lowest BCUT2D eigenvalue weighted by Crippen LogP contribution is -2.29. The van der Waals surface area contributed by atoms with Crippen molar-refractivity contribution in [2.45, 2.75) is 38.7 Å². The van der Waals surface area contributed by atoms with Gasteiger partial charge in [0.1, 0.15) is 28.0 Å². The second-order valence-corrected chi connectivity index (χ2v) is 8.33. The van der Waals surface area contributed by atoms with Crippen LogP contribution in [0.2, 0.25) is 0 Å². The summed E-state index contributed by atoms with van der Waals surface area (Å²) in [6, 6.07) is 9.71. The first-order chi connectivity index (χ1) is 13.8. The number of hydrogen-bond donors (Lipinski definition) is 1. The van der Waals surface area contributed by atoms with E-state index in [2.05, 4.69) is 19.7 Å². The van der Waals surface area contributed by atoms with Crippen LogP contribution in [0.3, 0.4) is 0 Å². The molecule has 0 radical (unpaired) electrons. The number of aromatic amines is 1. The average Bonchev–Trinajstić information content (AvgIpc) is 3.34. The van der Waals surface area contributed by atoms with Crippen molar-refractivity contribution in [1.82, 2.24) is 15.0 Å². The molecule has 0 saturated carbocycles. The zero-order chi connectivity index (χ0) is 21.0. The van der Waals surface area contributed by atoms with Crippen molar-refractivity contribution in [1.29, 1.82) is 0 Å². The Morgan fingerprint density at radius 2 is 1.90 bits per heavy atom. The Bertz CT molecular complexity index is 989. The molecular weight excluding hydrogens is 390 g/mol. The Balaban J connectivity index is 1.89. The van der Waals surface area contributed by atoms with Gasteiger partial charge in [0.25, 0.3) is 0 Å². The summed E-state index contributed by atoms with van der Waals surface area (Å²) in [4.78, 5) is 36.4. The van der Waals surface area contributed by atoms with E-state index in [0.717, 1.165) is 5.56 Å². The van der Waals surface area contributed by atoms with Crippen LogP contribution in [0, 0.1) is 0 Å². The highest BCUT2D eigenvalue weighted by Crippen LogP contribution is 2.27. The van der Waals surface area contributed by atoms with Crippen molar-refractivity contribution in [3.63, 3.8) is 0 Å². The van der Waals surface area contributed by atoms with E-state index < -0.39 is 17.5 Å². The minimum absolute atomic E-state index is 0.227. The molecule has 152 valence electrons. The van der Waals surface area contributed by atoms with Crippen molar-refractivity contribution < 1.29 is 19.1 Å². The predicted molar refractivity (Wildman–Crippen MR) is 110 cm³/mol. The van der Waals surface area contributed by atoms with Gasteiger partial charge in [0.05, 0.1) is 7.11 Å². The molecule has 0 aliphatic carbocycles. The number of aromatic nitrogens is 3. The summed E-state index contributed by atoms with van der Waals surface area (Å²) < 4.78 is 10.3. The lowest BCUT2D eigenvalue weighted by atomic mass is 9.98. The fourth-order valence-corrected chi connectivity index (χ4v) is 3.48. The van der Waals surface area contributed by atoms with Crippen LogP contribution in [0.5, 0.6) is 0 Å². The number of imidazole rings is 1. The van der Waals surface area contributed by atoms with E-state index in [1.54, 1.807) is 11.6 Å². The maximum Gasteiger partial charge on any atom is 0.357 e. The Hall–Kier alpha value is -3.00. The van der Waals surface area contributed by atoms with Crippen molar-refractivity contribution >= 4 is 23.3 Å². The number of thiazole rings is 1. The van der Waals surface area contributed by atoms with Gasteiger partial charge in [-0.05, 0) is 32.8 Å². The standard InChI is InChI=1S/C21H23N3O4S/c1-21(2,3)28-19(25)14(10-13-8-6-5-7-9-13)17-22-11-15(23-17)18-24-16(12-29-18)20(26)27-4/h5-9,11-12,14H,10H2,1-4H3,(H,22,23)/t14-/m0/s1. The maximum atomic E-state index is 12.9. The second kappa shape index (κ2) is 8.57. The summed E-state index contributed by atoms with van der Waals surface area (Å²) in [5.74, 6) is -0.950. The number of hydrogen-bond acceptors (Lipinski definition) is 7. The minimum Gasteiger partial charge on any atom is -0.464 e. The molecule has 0 fully saturated rings. The van der Waals surface area contributed by atoms with Gasteiger partial charge in [-0.3, -0.25) is 4.79 Å². The molecule has 0 bridgehead atoms. The fourth-order valence-electron chi connectivity index (χ4n) is 2.73. The predicted octanol–water partition coefficient (Wildman–Crippen LogP) is 3.99.